The van der Waals surface area contributed by atoms with Gasteiger partial charge in [-0.2, -0.15) is 0 Å². The van der Waals surface area contributed by atoms with Crippen LogP contribution in [-0.4, -0.2) is 48.7 Å². The van der Waals surface area contributed by atoms with Gasteiger partial charge in [0.15, 0.2) is 0 Å². The zero-order valence-corrected chi connectivity index (χ0v) is 15.7. The third kappa shape index (κ3) is 20.6. The predicted octanol–water partition coefficient (Wildman–Crippen LogP) is 3.44. The molecule has 24 heavy (non-hydrogen) atoms. The van der Waals surface area contributed by atoms with Gasteiger partial charge in [0.05, 0.1) is 25.4 Å². The number of esters is 1. The van der Waals surface area contributed by atoms with Crippen LogP contribution in [-0.2, 0) is 19.0 Å². The second-order valence-electron chi connectivity index (χ2n) is 6.42. The number of hydrogen-bond donors (Lipinski definition) is 1. The van der Waals surface area contributed by atoms with Crippen LogP contribution >= 0.6 is 0 Å². The molecule has 0 unspecified atom stereocenters. The lowest BCUT2D eigenvalue weighted by Gasteiger charge is -2.24. The Hall–Kier alpha value is -1.43. The van der Waals surface area contributed by atoms with Gasteiger partial charge in [-0.05, 0) is 34.1 Å². The molecule has 0 saturated heterocycles. The monoisotopic (exact) mass is 342 g/mol. The molecular formula is C19H34O5. The highest BCUT2D eigenvalue weighted by Crippen LogP contribution is 2.14. The molecule has 5 heteroatoms. The Morgan fingerprint density at radius 3 is 1.79 bits per heavy atom. The molecular weight excluding hydrogens is 308 g/mol. The standard InChI is InChI=1S/C11H18O3.C8H16O2/c1-5-8-13-9-7-11(3,4)14-10(12)6-2;1-4-6-10-7-5-8(2,3)9/h5-6H,1-2,7-9H2,3-4H3;4,9H,1,5-7H2,2-3H3. The fraction of sp³-hybridized carbons (Fsp3) is 0.632. The van der Waals surface area contributed by atoms with Crippen molar-refractivity contribution in [1.29, 1.82) is 0 Å². The number of carbonyl (C=O) groups excluding carboxylic acids is 1. The van der Waals surface area contributed by atoms with E-state index in [-0.39, 0.29) is 0 Å². The van der Waals surface area contributed by atoms with E-state index in [1.165, 1.54) is 0 Å². The summed E-state index contributed by atoms with van der Waals surface area (Å²) in [5.41, 5.74) is -1.12. The molecule has 5 nitrogen and oxygen atoms in total. The highest BCUT2D eigenvalue weighted by atomic mass is 16.6. The van der Waals surface area contributed by atoms with Crippen LogP contribution in [0, 0.1) is 0 Å². The van der Waals surface area contributed by atoms with Gasteiger partial charge in [0, 0.05) is 19.1 Å². The molecule has 0 radical (unpaired) electrons. The molecule has 0 aliphatic carbocycles. The molecule has 0 amide bonds. The summed E-state index contributed by atoms with van der Waals surface area (Å²) < 4.78 is 15.4. The number of rotatable bonds is 12. The Balaban J connectivity index is 0. The van der Waals surface area contributed by atoms with Crippen LogP contribution in [0.4, 0.5) is 0 Å². The van der Waals surface area contributed by atoms with Crippen LogP contribution in [0.25, 0.3) is 0 Å². The SMILES string of the molecule is C=CCOCCC(C)(C)O.C=CCOCCC(C)(C)OC(=O)C=C. The van der Waals surface area contributed by atoms with Crippen molar-refractivity contribution < 1.29 is 24.1 Å². The fourth-order valence-corrected chi connectivity index (χ4v) is 1.34. The Morgan fingerprint density at radius 1 is 0.958 bits per heavy atom. The summed E-state index contributed by atoms with van der Waals surface area (Å²) in [6.07, 6.45) is 5.86. The molecule has 0 spiro atoms. The minimum atomic E-state index is -0.610. The zero-order chi connectivity index (χ0) is 19.1. The smallest absolute Gasteiger partial charge is 0.330 e. The van der Waals surface area contributed by atoms with E-state index in [4.69, 9.17) is 14.2 Å². The van der Waals surface area contributed by atoms with Gasteiger partial charge in [0.2, 0.25) is 0 Å². The van der Waals surface area contributed by atoms with Gasteiger partial charge in [-0.25, -0.2) is 4.79 Å². The van der Waals surface area contributed by atoms with E-state index in [2.05, 4.69) is 19.7 Å². The maximum absolute atomic E-state index is 10.9. The minimum Gasteiger partial charge on any atom is -0.456 e. The first-order valence-electron chi connectivity index (χ1n) is 8.03. The first kappa shape index (κ1) is 24.8. The third-order valence-corrected chi connectivity index (χ3v) is 2.72. The summed E-state index contributed by atoms with van der Waals surface area (Å²) >= 11 is 0. The van der Waals surface area contributed by atoms with Gasteiger partial charge in [-0.15, -0.1) is 13.2 Å². The van der Waals surface area contributed by atoms with E-state index in [0.29, 0.717) is 39.3 Å². The molecule has 0 fully saturated rings. The van der Waals surface area contributed by atoms with E-state index >= 15 is 0 Å². The van der Waals surface area contributed by atoms with Crippen molar-refractivity contribution in [3.63, 3.8) is 0 Å². The summed E-state index contributed by atoms with van der Waals surface area (Å²) in [6, 6.07) is 0. The van der Waals surface area contributed by atoms with Gasteiger partial charge in [-0.3, -0.25) is 0 Å². The molecule has 0 heterocycles. The molecule has 0 bridgehead atoms. The van der Waals surface area contributed by atoms with Crippen molar-refractivity contribution in [3.05, 3.63) is 38.0 Å². The van der Waals surface area contributed by atoms with Crippen molar-refractivity contribution in [2.24, 2.45) is 0 Å². The van der Waals surface area contributed by atoms with Crippen LogP contribution in [0.3, 0.4) is 0 Å². The number of ether oxygens (including phenoxy) is 3. The normalized spacial score (nSPS) is 11.0. The predicted molar refractivity (Wildman–Crippen MR) is 97.9 cm³/mol. The van der Waals surface area contributed by atoms with Crippen molar-refractivity contribution in [3.8, 4) is 0 Å². The second kappa shape index (κ2) is 14.0. The van der Waals surface area contributed by atoms with Crippen LogP contribution in [0.2, 0.25) is 0 Å². The third-order valence-electron chi connectivity index (χ3n) is 2.72. The van der Waals surface area contributed by atoms with E-state index in [0.717, 1.165) is 6.08 Å². The van der Waals surface area contributed by atoms with E-state index in [1.807, 2.05) is 13.8 Å². The lowest BCUT2D eigenvalue weighted by molar-refractivity contribution is -0.151. The van der Waals surface area contributed by atoms with Crippen LogP contribution in [0.5, 0.6) is 0 Å². The summed E-state index contributed by atoms with van der Waals surface area (Å²) in [5.74, 6) is -0.404. The first-order chi connectivity index (χ1) is 11.1. The molecule has 0 aromatic carbocycles. The molecule has 0 aliphatic rings. The molecule has 0 saturated carbocycles. The molecule has 0 aromatic rings. The van der Waals surface area contributed by atoms with Crippen molar-refractivity contribution >= 4 is 5.97 Å². The molecule has 0 aliphatic heterocycles. The lowest BCUT2D eigenvalue weighted by Crippen LogP contribution is -2.28. The van der Waals surface area contributed by atoms with Crippen molar-refractivity contribution in [2.75, 3.05) is 26.4 Å². The summed E-state index contributed by atoms with van der Waals surface area (Å²) in [4.78, 5) is 10.9. The van der Waals surface area contributed by atoms with Crippen LogP contribution < -0.4 is 0 Å². The van der Waals surface area contributed by atoms with Gasteiger partial charge in [0.25, 0.3) is 0 Å². The van der Waals surface area contributed by atoms with Crippen LogP contribution in [0.1, 0.15) is 40.5 Å². The van der Waals surface area contributed by atoms with E-state index < -0.39 is 17.2 Å². The highest BCUT2D eigenvalue weighted by molar-refractivity contribution is 5.81. The largest absolute Gasteiger partial charge is 0.456 e. The minimum absolute atomic E-state index is 0.404. The quantitative estimate of drug-likeness (QED) is 0.255. The van der Waals surface area contributed by atoms with Gasteiger partial charge >= 0.3 is 5.97 Å². The Kier molecular flexibility index (Phi) is 14.4. The van der Waals surface area contributed by atoms with Gasteiger partial charge < -0.3 is 19.3 Å². The highest BCUT2D eigenvalue weighted by Gasteiger charge is 2.21. The fourth-order valence-electron chi connectivity index (χ4n) is 1.34. The summed E-state index contributed by atoms with van der Waals surface area (Å²) in [7, 11) is 0. The van der Waals surface area contributed by atoms with Crippen molar-refractivity contribution in [1.82, 2.24) is 0 Å². The zero-order valence-electron chi connectivity index (χ0n) is 15.7. The average Bonchev–Trinajstić information content (AvgIpc) is 2.47. The average molecular weight is 342 g/mol. The number of hydrogen-bond acceptors (Lipinski definition) is 5. The van der Waals surface area contributed by atoms with E-state index in [9.17, 15) is 9.90 Å². The Labute approximate surface area is 147 Å². The maximum atomic E-state index is 10.9. The summed E-state index contributed by atoms with van der Waals surface area (Å²) in [6.45, 7) is 19.8. The molecule has 0 aromatic heterocycles. The second-order valence-corrected chi connectivity index (χ2v) is 6.42. The number of aliphatic hydroxyl groups is 1. The Morgan fingerprint density at radius 2 is 1.42 bits per heavy atom. The van der Waals surface area contributed by atoms with Crippen molar-refractivity contribution in [2.45, 2.75) is 51.7 Å². The van der Waals surface area contributed by atoms with Gasteiger partial charge in [0.1, 0.15) is 5.60 Å². The molecule has 140 valence electrons. The van der Waals surface area contributed by atoms with Crippen LogP contribution in [0.15, 0.2) is 38.0 Å². The molecule has 1 N–H and O–H groups in total. The lowest BCUT2D eigenvalue weighted by atomic mass is 10.1. The van der Waals surface area contributed by atoms with E-state index in [1.54, 1.807) is 26.0 Å². The molecule has 0 rings (SSSR count). The van der Waals surface area contributed by atoms with Gasteiger partial charge in [-0.1, -0.05) is 18.7 Å². The number of carbonyl (C=O) groups is 1. The Bertz CT molecular complexity index is 366. The maximum Gasteiger partial charge on any atom is 0.330 e. The molecule has 0 atom stereocenters. The topological polar surface area (TPSA) is 65.0 Å². The first-order valence-corrected chi connectivity index (χ1v) is 8.03. The summed E-state index contributed by atoms with van der Waals surface area (Å²) in [5, 5.41) is 9.21.